The van der Waals surface area contributed by atoms with Gasteiger partial charge in [0, 0.05) is 12.7 Å². The number of nitrogens with zero attached hydrogens (tertiary/aromatic N) is 1. The zero-order valence-corrected chi connectivity index (χ0v) is 11.9. The van der Waals surface area contributed by atoms with E-state index in [1.165, 1.54) is 5.56 Å². The molecule has 0 unspecified atom stereocenters. The van der Waals surface area contributed by atoms with Crippen LogP contribution in [0.1, 0.15) is 17.5 Å². The van der Waals surface area contributed by atoms with E-state index in [4.69, 9.17) is 0 Å². The Morgan fingerprint density at radius 2 is 1.76 bits per heavy atom. The van der Waals surface area contributed by atoms with E-state index < -0.39 is 0 Å². The standard InChI is InChI=1S/C18H16N2O/c1-19-14-8-4-5-9-15(14)20-16-11-10-12-6-2-3-7-13(12)17(16)18(20)21/h2-9,19H,10-11H2,1H3. The van der Waals surface area contributed by atoms with E-state index in [0.29, 0.717) is 0 Å². The first-order valence-electron chi connectivity index (χ1n) is 7.24. The molecule has 3 nitrogen and oxygen atoms in total. The average Bonchev–Trinajstić information content (AvgIpc) is 2.54. The lowest BCUT2D eigenvalue weighted by Crippen LogP contribution is -2.43. The number of fused-ring (bicyclic) bond motifs is 2. The number of carbonyl (C=O) groups excluding carboxylic acids is 1. The number of aryl methyl sites for hydroxylation is 1. The maximum Gasteiger partial charge on any atom is 0.265 e. The molecule has 0 aromatic heterocycles. The van der Waals surface area contributed by atoms with Gasteiger partial charge in [-0.15, -0.1) is 0 Å². The van der Waals surface area contributed by atoms with Gasteiger partial charge >= 0.3 is 0 Å². The topological polar surface area (TPSA) is 32.3 Å². The van der Waals surface area contributed by atoms with Crippen LogP contribution < -0.4 is 10.2 Å². The molecule has 0 radical (unpaired) electrons. The molecule has 2 aliphatic rings. The summed E-state index contributed by atoms with van der Waals surface area (Å²) in [5.74, 6) is 0.111. The number of benzene rings is 2. The lowest BCUT2D eigenvalue weighted by Gasteiger charge is -2.40. The van der Waals surface area contributed by atoms with Crippen LogP contribution in [0, 0.1) is 0 Å². The summed E-state index contributed by atoms with van der Waals surface area (Å²) in [7, 11) is 1.88. The molecule has 0 bridgehead atoms. The van der Waals surface area contributed by atoms with Crippen molar-refractivity contribution >= 4 is 22.9 Å². The fourth-order valence-corrected chi connectivity index (χ4v) is 3.29. The third-order valence-electron chi connectivity index (χ3n) is 4.31. The molecule has 2 aromatic carbocycles. The Kier molecular flexibility index (Phi) is 2.61. The highest BCUT2D eigenvalue weighted by atomic mass is 16.2. The Labute approximate surface area is 123 Å². The summed E-state index contributed by atoms with van der Waals surface area (Å²) in [6, 6.07) is 16.2. The van der Waals surface area contributed by atoms with Crippen LogP contribution in [0.5, 0.6) is 0 Å². The second-order valence-corrected chi connectivity index (χ2v) is 5.39. The predicted molar refractivity (Wildman–Crippen MR) is 85.2 cm³/mol. The largest absolute Gasteiger partial charge is 0.386 e. The highest BCUT2D eigenvalue weighted by Gasteiger charge is 2.41. The molecule has 3 heteroatoms. The van der Waals surface area contributed by atoms with Crippen LogP contribution in [0.4, 0.5) is 11.4 Å². The first-order chi connectivity index (χ1) is 10.3. The molecular formula is C18H16N2O. The summed E-state index contributed by atoms with van der Waals surface area (Å²) in [6.07, 6.45) is 1.93. The van der Waals surface area contributed by atoms with Crippen molar-refractivity contribution in [2.45, 2.75) is 12.8 Å². The number of rotatable bonds is 2. The van der Waals surface area contributed by atoms with Gasteiger partial charge in [0.25, 0.3) is 5.91 Å². The van der Waals surface area contributed by atoms with E-state index in [0.717, 1.165) is 41.1 Å². The van der Waals surface area contributed by atoms with Crippen molar-refractivity contribution in [3.63, 3.8) is 0 Å². The maximum atomic E-state index is 12.7. The second kappa shape index (κ2) is 4.48. The smallest absolute Gasteiger partial charge is 0.265 e. The van der Waals surface area contributed by atoms with Gasteiger partial charge < -0.3 is 5.32 Å². The molecule has 4 rings (SSSR count). The van der Waals surface area contributed by atoms with Crippen molar-refractivity contribution in [2.75, 3.05) is 17.3 Å². The molecule has 0 saturated carbocycles. The van der Waals surface area contributed by atoms with Gasteiger partial charge in [0.1, 0.15) is 0 Å². The van der Waals surface area contributed by atoms with Gasteiger partial charge in [-0.2, -0.15) is 0 Å². The molecule has 0 spiro atoms. The van der Waals surface area contributed by atoms with E-state index in [2.05, 4.69) is 17.4 Å². The molecule has 0 saturated heterocycles. The van der Waals surface area contributed by atoms with E-state index in [1.54, 1.807) is 0 Å². The molecule has 0 fully saturated rings. The number of carbonyl (C=O) groups is 1. The van der Waals surface area contributed by atoms with Gasteiger partial charge in [-0.05, 0) is 36.1 Å². The zero-order chi connectivity index (χ0) is 14.4. The Hall–Kier alpha value is -2.55. The number of hydrogen-bond donors (Lipinski definition) is 1. The molecule has 1 amide bonds. The van der Waals surface area contributed by atoms with Crippen LogP contribution in [0.3, 0.4) is 0 Å². The van der Waals surface area contributed by atoms with E-state index in [9.17, 15) is 4.79 Å². The lowest BCUT2D eigenvalue weighted by molar-refractivity contribution is -0.114. The molecule has 1 heterocycles. The number of allylic oxidation sites excluding steroid dienone is 1. The Balaban J connectivity index is 1.83. The zero-order valence-electron chi connectivity index (χ0n) is 11.9. The molecule has 21 heavy (non-hydrogen) atoms. The fraction of sp³-hybridized carbons (Fsp3) is 0.167. The van der Waals surface area contributed by atoms with Gasteiger partial charge in [0.05, 0.1) is 16.9 Å². The van der Waals surface area contributed by atoms with Crippen molar-refractivity contribution in [3.8, 4) is 0 Å². The lowest BCUT2D eigenvalue weighted by atomic mass is 9.82. The third kappa shape index (κ3) is 1.64. The molecule has 1 aliphatic heterocycles. The van der Waals surface area contributed by atoms with Crippen molar-refractivity contribution in [3.05, 3.63) is 65.4 Å². The highest BCUT2D eigenvalue weighted by Crippen LogP contribution is 2.45. The first-order valence-corrected chi connectivity index (χ1v) is 7.24. The fourth-order valence-electron chi connectivity index (χ4n) is 3.29. The van der Waals surface area contributed by atoms with Crippen molar-refractivity contribution in [2.24, 2.45) is 0 Å². The van der Waals surface area contributed by atoms with Crippen LogP contribution in [0.2, 0.25) is 0 Å². The van der Waals surface area contributed by atoms with Crippen LogP contribution >= 0.6 is 0 Å². The number of nitrogens with one attached hydrogen (secondary N) is 1. The van der Waals surface area contributed by atoms with Gasteiger partial charge in [0.2, 0.25) is 0 Å². The minimum absolute atomic E-state index is 0.111. The summed E-state index contributed by atoms with van der Waals surface area (Å²) >= 11 is 0. The maximum absolute atomic E-state index is 12.7. The summed E-state index contributed by atoms with van der Waals surface area (Å²) in [5.41, 5.74) is 6.39. The molecule has 1 N–H and O–H groups in total. The Morgan fingerprint density at radius 1 is 1.00 bits per heavy atom. The minimum Gasteiger partial charge on any atom is -0.386 e. The normalized spacial score (nSPS) is 16.2. The quantitative estimate of drug-likeness (QED) is 0.911. The van der Waals surface area contributed by atoms with Crippen LogP contribution in [-0.2, 0) is 11.2 Å². The van der Waals surface area contributed by atoms with E-state index in [-0.39, 0.29) is 5.91 Å². The third-order valence-corrected chi connectivity index (χ3v) is 4.31. The number of amides is 1. The summed E-state index contributed by atoms with van der Waals surface area (Å²) in [4.78, 5) is 14.5. The molecule has 2 aromatic rings. The Morgan fingerprint density at radius 3 is 2.62 bits per heavy atom. The predicted octanol–water partition coefficient (Wildman–Crippen LogP) is 3.43. The van der Waals surface area contributed by atoms with Crippen LogP contribution in [-0.4, -0.2) is 13.0 Å². The van der Waals surface area contributed by atoms with Crippen LogP contribution in [0.15, 0.2) is 54.2 Å². The van der Waals surface area contributed by atoms with Gasteiger partial charge in [-0.1, -0.05) is 36.4 Å². The first kappa shape index (κ1) is 12.2. The molecular weight excluding hydrogens is 260 g/mol. The van der Waals surface area contributed by atoms with Crippen molar-refractivity contribution in [1.82, 2.24) is 0 Å². The monoisotopic (exact) mass is 276 g/mol. The highest BCUT2D eigenvalue weighted by molar-refractivity contribution is 6.37. The van der Waals surface area contributed by atoms with Crippen molar-refractivity contribution < 1.29 is 4.79 Å². The van der Waals surface area contributed by atoms with E-state index in [1.807, 2.05) is 48.3 Å². The van der Waals surface area contributed by atoms with Gasteiger partial charge in [-0.25, -0.2) is 0 Å². The molecule has 104 valence electrons. The summed E-state index contributed by atoms with van der Waals surface area (Å²) < 4.78 is 0. The Bertz CT molecular complexity index is 776. The number of hydrogen-bond acceptors (Lipinski definition) is 2. The minimum atomic E-state index is 0.111. The summed E-state index contributed by atoms with van der Waals surface area (Å²) in [5, 5.41) is 3.16. The van der Waals surface area contributed by atoms with Crippen LogP contribution in [0.25, 0.3) is 5.57 Å². The van der Waals surface area contributed by atoms with Gasteiger partial charge in [0.15, 0.2) is 0 Å². The number of anilines is 2. The summed E-state index contributed by atoms with van der Waals surface area (Å²) in [6.45, 7) is 0. The van der Waals surface area contributed by atoms with Gasteiger partial charge in [-0.3, -0.25) is 9.69 Å². The molecule has 1 aliphatic carbocycles. The average molecular weight is 276 g/mol. The number of para-hydroxylation sites is 2. The SMILES string of the molecule is CNc1ccccc1N1C(=O)C2=C1CCc1ccccc12. The van der Waals surface area contributed by atoms with E-state index >= 15 is 0 Å². The second-order valence-electron chi connectivity index (χ2n) is 5.39. The molecule has 0 atom stereocenters. The van der Waals surface area contributed by atoms with Crippen molar-refractivity contribution in [1.29, 1.82) is 0 Å².